The van der Waals surface area contributed by atoms with E-state index in [2.05, 4.69) is 15.6 Å². The lowest BCUT2D eigenvalue weighted by atomic mass is 10.2. The summed E-state index contributed by atoms with van der Waals surface area (Å²) in [5.74, 6) is -0.377. The van der Waals surface area contributed by atoms with Crippen LogP contribution in [0.4, 0.5) is 11.5 Å². The molecule has 0 saturated heterocycles. The van der Waals surface area contributed by atoms with Gasteiger partial charge in [-0.25, -0.2) is 14.7 Å². The van der Waals surface area contributed by atoms with Crippen molar-refractivity contribution in [2.45, 2.75) is 20.4 Å². The van der Waals surface area contributed by atoms with Gasteiger partial charge in [0.05, 0.1) is 12.1 Å². The second kappa shape index (κ2) is 7.64. The summed E-state index contributed by atoms with van der Waals surface area (Å²) in [5, 5.41) is 36.8. The highest BCUT2D eigenvalue weighted by Crippen LogP contribution is 2.23. The zero-order valence-corrected chi connectivity index (χ0v) is 16.9. The van der Waals surface area contributed by atoms with E-state index >= 15 is 0 Å². The maximum atomic E-state index is 12.9. The van der Waals surface area contributed by atoms with Crippen LogP contribution in [-0.4, -0.2) is 27.6 Å². The number of anilines is 2. The predicted molar refractivity (Wildman–Crippen MR) is 109 cm³/mol. The lowest BCUT2D eigenvalue weighted by Crippen LogP contribution is -2.43. The van der Waals surface area contributed by atoms with Crippen molar-refractivity contribution in [1.29, 1.82) is 0 Å². The minimum atomic E-state index is -0.435. The van der Waals surface area contributed by atoms with Crippen molar-refractivity contribution in [3.8, 4) is 0 Å². The Balaban J connectivity index is 1.75. The van der Waals surface area contributed by atoms with Gasteiger partial charge >= 0.3 is 11.8 Å². The van der Waals surface area contributed by atoms with E-state index in [1.165, 1.54) is 16.8 Å². The van der Waals surface area contributed by atoms with E-state index in [1.807, 2.05) is 0 Å². The average Bonchev–Trinajstić information content (AvgIpc) is 3.11. The summed E-state index contributed by atoms with van der Waals surface area (Å²) in [5.41, 5.74) is 2.20. The molecule has 0 saturated carbocycles. The number of nitrogens with one attached hydrogen (secondary N) is 1. The number of fused-ring (bicyclic) bond motifs is 2. The van der Waals surface area contributed by atoms with Gasteiger partial charge in [0.1, 0.15) is 17.7 Å². The first-order valence-corrected chi connectivity index (χ1v) is 9.47. The van der Waals surface area contributed by atoms with Crippen LogP contribution in [0.5, 0.6) is 0 Å². The maximum Gasteiger partial charge on any atom is 0.352 e. The third kappa shape index (κ3) is 3.41. The second-order valence-corrected chi connectivity index (χ2v) is 6.97. The monoisotopic (exact) mass is 428 g/mol. The SMILES string of the molecule is CCOC(=O)Cn1nnc2ccc(Nc3c(C)[n+]([O-])c4ccc(Cl)cc4[n+]3[O-])cc21. The van der Waals surface area contributed by atoms with Gasteiger partial charge in [0.15, 0.2) is 0 Å². The Labute approximate surface area is 175 Å². The molecule has 10 nitrogen and oxygen atoms in total. The molecule has 1 N–H and O–H groups in total. The van der Waals surface area contributed by atoms with E-state index < -0.39 is 5.97 Å². The zero-order chi connectivity index (χ0) is 21.4. The molecule has 0 radical (unpaired) electrons. The highest BCUT2D eigenvalue weighted by atomic mass is 35.5. The fraction of sp³-hybridized carbons (Fsp3) is 0.211. The van der Waals surface area contributed by atoms with E-state index in [0.717, 1.165) is 0 Å². The molecule has 4 rings (SSSR count). The highest BCUT2D eigenvalue weighted by Gasteiger charge is 2.24. The van der Waals surface area contributed by atoms with Gasteiger partial charge in [-0.3, -0.25) is 4.79 Å². The van der Waals surface area contributed by atoms with E-state index in [4.69, 9.17) is 16.3 Å². The zero-order valence-electron chi connectivity index (χ0n) is 16.1. The van der Waals surface area contributed by atoms with Crippen molar-refractivity contribution >= 4 is 51.1 Å². The molecule has 0 bridgehead atoms. The molecular weight excluding hydrogens is 412 g/mol. The van der Waals surface area contributed by atoms with E-state index in [0.29, 0.717) is 31.2 Å². The predicted octanol–water partition coefficient (Wildman–Crippen LogP) is 2.12. The van der Waals surface area contributed by atoms with E-state index in [1.54, 1.807) is 38.1 Å². The molecule has 0 spiro atoms. The summed E-state index contributed by atoms with van der Waals surface area (Å²) in [6.07, 6.45) is 0. The Morgan fingerprint density at radius 3 is 2.77 bits per heavy atom. The molecule has 0 fully saturated rings. The summed E-state index contributed by atoms with van der Waals surface area (Å²) in [6, 6.07) is 9.57. The topological polar surface area (TPSA) is 123 Å². The van der Waals surface area contributed by atoms with Crippen LogP contribution < -0.4 is 14.8 Å². The van der Waals surface area contributed by atoms with E-state index in [-0.39, 0.29) is 35.7 Å². The number of nitrogens with zero attached hydrogens (tertiary/aromatic N) is 5. The number of hydrogen-bond acceptors (Lipinski definition) is 7. The van der Waals surface area contributed by atoms with Crippen molar-refractivity contribution < 1.29 is 19.0 Å². The number of halogens is 1. The van der Waals surface area contributed by atoms with Crippen LogP contribution in [0.15, 0.2) is 36.4 Å². The Hall–Kier alpha value is -3.66. The highest BCUT2D eigenvalue weighted by molar-refractivity contribution is 6.31. The summed E-state index contributed by atoms with van der Waals surface area (Å²) in [6.45, 7) is 3.44. The number of esters is 1. The van der Waals surface area contributed by atoms with Crippen molar-refractivity contribution in [1.82, 2.24) is 15.0 Å². The van der Waals surface area contributed by atoms with Gasteiger partial charge in [0.2, 0.25) is 5.52 Å². The Morgan fingerprint density at radius 2 is 2.00 bits per heavy atom. The summed E-state index contributed by atoms with van der Waals surface area (Å²) in [7, 11) is 0. The number of rotatable bonds is 5. The summed E-state index contributed by atoms with van der Waals surface area (Å²) >= 11 is 5.99. The molecule has 0 unspecified atom stereocenters. The fourth-order valence-corrected chi connectivity index (χ4v) is 3.31. The second-order valence-electron chi connectivity index (χ2n) is 6.54. The molecule has 0 amide bonds. The van der Waals surface area contributed by atoms with Crippen LogP contribution in [0.2, 0.25) is 5.02 Å². The number of carbonyl (C=O) groups excluding carboxylic acids is 1. The molecular formula is C19H17ClN6O4. The van der Waals surface area contributed by atoms with Crippen LogP contribution in [-0.2, 0) is 16.1 Å². The third-order valence-corrected chi connectivity index (χ3v) is 4.82. The number of carbonyl (C=O) groups is 1. The van der Waals surface area contributed by atoms with Crippen molar-refractivity contribution in [3.05, 3.63) is 57.5 Å². The summed E-state index contributed by atoms with van der Waals surface area (Å²) in [4.78, 5) is 11.8. The smallest absolute Gasteiger partial charge is 0.352 e. The minimum Gasteiger partial charge on any atom is -0.710 e. The van der Waals surface area contributed by atoms with Crippen molar-refractivity contribution in [2.24, 2.45) is 0 Å². The van der Waals surface area contributed by atoms with Gasteiger partial charge in [0, 0.05) is 30.1 Å². The van der Waals surface area contributed by atoms with Crippen LogP contribution in [0.25, 0.3) is 22.1 Å². The molecule has 2 heterocycles. The number of aromatic nitrogens is 5. The van der Waals surface area contributed by atoms with Gasteiger partial charge in [-0.15, -0.1) is 5.10 Å². The van der Waals surface area contributed by atoms with Crippen LogP contribution in [0, 0.1) is 17.3 Å². The molecule has 30 heavy (non-hydrogen) atoms. The first-order chi connectivity index (χ1) is 14.4. The number of benzene rings is 2. The fourth-order valence-electron chi connectivity index (χ4n) is 3.14. The van der Waals surface area contributed by atoms with Gasteiger partial charge in [-0.2, -0.15) is 4.73 Å². The van der Waals surface area contributed by atoms with E-state index in [9.17, 15) is 15.2 Å². The Bertz CT molecular complexity index is 1290. The van der Waals surface area contributed by atoms with Crippen molar-refractivity contribution in [2.75, 3.05) is 11.9 Å². The molecule has 0 aliphatic rings. The van der Waals surface area contributed by atoms with Crippen molar-refractivity contribution in [3.63, 3.8) is 0 Å². The first-order valence-electron chi connectivity index (χ1n) is 9.10. The lowest BCUT2D eigenvalue weighted by Gasteiger charge is -2.14. The van der Waals surface area contributed by atoms with Gasteiger partial charge < -0.3 is 15.2 Å². The van der Waals surface area contributed by atoms with Crippen LogP contribution in [0.3, 0.4) is 0 Å². The molecule has 154 valence electrons. The molecule has 2 aromatic carbocycles. The average molecular weight is 429 g/mol. The molecule has 0 aliphatic heterocycles. The normalized spacial score (nSPS) is 11.2. The number of ether oxygens (including phenoxy) is 1. The maximum absolute atomic E-state index is 12.9. The van der Waals surface area contributed by atoms with Crippen LogP contribution >= 0.6 is 11.6 Å². The Kier molecular flexibility index (Phi) is 5.00. The first kappa shape index (κ1) is 19.6. The molecule has 0 aliphatic carbocycles. The van der Waals surface area contributed by atoms with Gasteiger partial charge in [0.25, 0.3) is 11.2 Å². The number of hydrogen-bond donors (Lipinski definition) is 1. The standard InChI is InChI=1S/C19H17ClN6O4/c1-3-30-18(27)10-24-16-9-13(5-6-14(16)22-23-24)21-19-11(2)25(28)15-7-4-12(20)8-17(15)26(19)29/h4-9,21H,3,10H2,1-2H3. The Morgan fingerprint density at radius 1 is 1.20 bits per heavy atom. The molecule has 11 heteroatoms. The van der Waals surface area contributed by atoms with Crippen LogP contribution in [0.1, 0.15) is 12.6 Å². The molecule has 0 atom stereocenters. The molecule has 4 aromatic rings. The lowest BCUT2D eigenvalue weighted by molar-refractivity contribution is -0.623. The van der Waals surface area contributed by atoms with Gasteiger partial charge in [-0.1, -0.05) is 16.8 Å². The third-order valence-electron chi connectivity index (χ3n) is 4.59. The quantitative estimate of drug-likeness (QED) is 0.293. The van der Waals surface area contributed by atoms with Gasteiger partial charge in [-0.05, 0) is 25.1 Å². The largest absolute Gasteiger partial charge is 0.710 e. The molecule has 2 aromatic heterocycles. The minimum absolute atomic E-state index is 0.0588. The summed E-state index contributed by atoms with van der Waals surface area (Å²) < 4.78 is 7.66.